The molecule has 0 bridgehead atoms. The van der Waals surface area contributed by atoms with Crippen molar-refractivity contribution in [3.05, 3.63) is 0 Å². The monoisotopic (exact) mass is 228 g/mol. The third kappa shape index (κ3) is 5.47. The summed E-state index contributed by atoms with van der Waals surface area (Å²) in [6, 6.07) is 0.905. The Labute approximate surface area is 97.9 Å². The molecular weight excluding hydrogens is 204 g/mol. The van der Waals surface area contributed by atoms with Crippen LogP contribution in [0.3, 0.4) is 0 Å². The lowest BCUT2D eigenvalue weighted by Crippen LogP contribution is -2.39. The number of esters is 1. The van der Waals surface area contributed by atoms with E-state index in [0.29, 0.717) is 25.1 Å². The van der Waals surface area contributed by atoms with Crippen molar-refractivity contribution in [1.82, 2.24) is 5.32 Å². The van der Waals surface area contributed by atoms with Gasteiger partial charge in [0.1, 0.15) is 0 Å². The molecule has 0 aliphatic heterocycles. The molecule has 16 heavy (non-hydrogen) atoms. The molecular formula is C12H24N2O2. The van der Waals surface area contributed by atoms with Crippen LogP contribution in [0.25, 0.3) is 0 Å². The van der Waals surface area contributed by atoms with Crippen LogP contribution in [0, 0.1) is 0 Å². The summed E-state index contributed by atoms with van der Waals surface area (Å²) in [4.78, 5) is 11.1. The zero-order valence-corrected chi connectivity index (χ0v) is 10.2. The predicted molar refractivity (Wildman–Crippen MR) is 64.1 cm³/mol. The van der Waals surface area contributed by atoms with Crippen molar-refractivity contribution in [3.63, 3.8) is 0 Å². The number of nitrogens with one attached hydrogen (secondary N) is 1. The normalized spacial score (nSPS) is 25.4. The van der Waals surface area contributed by atoms with Crippen LogP contribution in [0.5, 0.6) is 0 Å². The second-order valence-corrected chi connectivity index (χ2v) is 4.49. The molecule has 1 saturated carbocycles. The summed E-state index contributed by atoms with van der Waals surface area (Å²) in [6.07, 6.45) is 6.02. The first-order chi connectivity index (χ1) is 7.72. The fraction of sp³-hybridized carbons (Fsp3) is 0.917. The molecule has 94 valence electrons. The quantitative estimate of drug-likeness (QED) is 0.529. The molecule has 0 aromatic carbocycles. The van der Waals surface area contributed by atoms with Crippen LogP contribution in [0.4, 0.5) is 0 Å². The van der Waals surface area contributed by atoms with Gasteiger partial charge in [0.2, 0.25) is 0 Å². The van der Waals surface area contributed by atoms with Gasteiger partial charge in [-0.3, -0.25) is 4.79 Å². The number of hydrogen-bond donors (Lipinski definition) is 2. The molecule has 0 saturated heterocycles. The van der Waals surface area contributed by atoms with Crippen molar-refractivity contribution < 1.29 is 9.53 Å². The standard InChI is InChI=1S/C12H24N2O2/c1-2-16-12(15)7-4-8-14-11-6-3-5-10(13)9-11/h10-11,14H,2-9,13H2,1H3. The molecule has 0 amide bonds. The third-order valence-corrected chi connectivity index (χ3v) is 3.01. The average Bonchev–Trinajstić information content (AvgIpc) is 2.25. The molecule has 2 atom stereocenters. The van der Waals surface area contributed by atoms with E-state index in [0.717, 1.165) is 25.8 Å². The van der Waals surface area contributed by atoms with Crippen LogP contribution >= 0.6 is 0 Å². The zero-order valence-electron chi connectivity index (χ0n) is 10.2. The number of nitrogens with two attached hydrogens (primary N) is 1. The minimum atomic E-state index is -0.0929. The van der Waals surface area contributed by atoms with E-state index in [4.69, 9.17) is 10.5 Å². The summed E-state index contributed by atoms with van der Waals surface area (Å²) in [7, 11) is 0. The molecule has 4 heteroatoms. The fourth-order valence-corrected chi connectivity index (χ4v) is 2.19. The summed E-state index contributed by atoms with van der Waals surface area (Å²) >= 11 is 0. The second kappa shape index (κ2) is 7.63. The van der Waals surface area contributed by atoms with Crippen LogP contribution in [0.2, 0.25) is 0 Å². The number of carbonyl (C=O) groups is 1. The van der Waals surface area contributed by atoms with Crippen molar-refractivity contribution in [1.29, 1.82) is 0 Å². The maximum atomic E-state index is 11.1. The Kier molecular flexibility index (Phi) is 6.42. The number of rotatable bonds is 6. The van der Waals surface area contributed by atoms with E-state index in [-0.39, 0.29) is 5.97 Å². The summed E-state index contributed by atoms with van der Waals surface area (Å²) in [5.74, 6) is -0.0929. The van der Waals surface area contributed by atoms with Gasteiger partial charge in [-0.2, -0.15) is 0 Å². The van der Waals surface area contributed by atoms with Crippen LogP contribution in [-0.2, 0) is 9.53 Å². The van der Waals surface area contributed by atoms with Gasteiger partial charge in [-0.1, -0.05) is 6.42 Å². The number of ether oxygens (including phenoxy) is 1. The van der Waals surface area contributed by atoms with E-state index in [9.17, 15) is 4.79 Å². The fourth-order valence-electron chi connectivity index (χ4n) is 2.19. The highest BCUT2D eigenvalue weighted by Crippen LogP contribution is 2.16. The molecule has 0 spiro atoms. The van der Waals surface area contributed by atoms with Gasteiger partial charge in [0.25, 0.3) is 0 Å². The lowest BCUT2D eigenvalue weighted by atomic mass is 9.91. The minimum Gasteiger partial charge on any atom is -0.466 e. The van der Waals surface area contributed by atoms with Crippen molar-refractivity contribution >= 4 is 5.97 Å². The number of hydrogen-bond acceptors (Lipinski definition) is 4. The Morgan fingerprint density at radius 3 is 3.00 bits per heavy atom. The Hall–Kier alpha value is -0.610. The van der Waals surface area contributed by atoms with Gasteiger partial charge in [0.15, 0.2) is 0 Å². The highest BCUT2D eigenvalue weighted by Gasteiger charge is 2.18. The summed E-state index contributed by atoms with van der Waals surface area (Å²) < 4.78 is 4.86. The molecule has 1 aliphatic carbocycles. The predicted octanol–water partition coefficient (Wildman–Crippen LogP) is 1.19. The van der Waals surface area contributed by atoms with E-state index < -0.39 is 0 Å². The lowest BCUT2D eigenvalue weighted by molar-refractivity contribution is -0.143. The number of carbonyl (C=O) groups excluding carboxylic acids is 1. The lowest BCUT2D eigenvalue weighted by Gasteiger charge is -2.27. The largest absolute Gasteiger partial charge is 0.466 e. The average molecular weight is 228 g/mol. The smallest absolute Gasteiger partial charge is 0.305 e. The first-order valence-electron chi connectivity index (χ1n) is 6.37. The summed E-state index contributed by atoms with van der Waals surface area (Å²) in [5, 5.41) is 3.46. The Morgan fingerprint density at radius 2 is 2.31 bits per heavy atom. The first kappa shape index (κ1) is 13.5. The minimum absolute atomic E-state index is 0.0929. The van der Waals surface area contributed by atoms with E-state index in [1.54, 1.807) is 0 Å². The van der Waals surface area contributed by atoms with E-state index in [1.807, 2.05) is 6.92 Å². The molecule has 4 nitrogen and oxygen atoms in total. The molecule has 1 aliphatic rings. The summed E-state index contributed by atoms with van der Waals surface area (Å²) in [5.41, 5.74) is 5.90. The molecule has 0 heterocycles. The second-order valence-electron chi connectivity index (χ2n) is 4.49. The Morgan fingerprint density at radius 1 is 1.50 bits per heavy atom. The molecule has 3 N–H and O–H groups in total. The van der Waals surface area contributed by atoms with Crippen LogP contribution in [0.15, 0.2) is 0 Å². The SMILES string of the molecule is CCOC(=O)CCCNC1CCCC(N)C1. The van der Waals surface area contributed by atoms with Gasteiger partial charge >= 0.3 is 5.97 Å². The van der Waals surface area contributed by atoms with E-state index in [1.165, 1.54) is 12.8 Å². The van der Waals surface area contributed by atoms with E-state index >= 15 is 0 Å². The topological polar surface area (TPSA) is 64.3 Å². The van der Waals surface area contributed by atoms with Crippen LogP contribution in [0.1, 0.15) is 45.4 Å². The van der Waals surface area contributed by atoms with E-state index in [2.05, 4.69) is 5.32 Å². The molecule has 0 aromatic rings. The van der Waals surface area contributed by atoms with Crippen molar-refractivity contribution in [3.8, 4) is 0 Å². The highest BCUT2D eigenvalue weighted by molar-refractivity contribution is 5.69. The van der Waals surface area contributed by atoms with Gasteiger partial charge in [-0.25, -0.2) is 0 Å². The summed E-state index contributed by atoms with van der Waals surface area (Å²) in [6.45, 7) is 3.19. The molecule has 0 aromatic heterocycles. The van der Waals surface area contributed by atoms with Gasteiger partial charge in [0.05, 0.1) is 6.61 Å². The van der Waals surface area contributed by atoms with Gasteiger partial charge in [-0.15, -0.1) is 0 Å². The Balaban J connectivity index is 2.00. The maximum absolute atomic E-state index is 11.1. The molecule has 1 fully saturated rings. The van der Waals surface area contributed by atoms with Crippen molar-refractivity contribution in [2.45, 2.75) is 57.5 Å². The first-order valence-corrected chi connectivity index (χ1v) is 6.37. The van der Waals surface area contributed by atoms with Gasteiger partial charge < -0.3 is 15.8 Å². The molecule has 1 rings (SSSR count). The highest BCUT2D eigenvalue weighted by atomic mass is 16.5. The Bertz CT molecular complexity index is 209. The van der Waals surface area contributed by atoms with Gasteiger partial charge in [0, 0.05) is 18.5 Å². The van der Waals surface area contributed by atoms with Crippen LogP contribution < -0.4 is 11.1 Å². The molecule has 2 unspecified atom stereocenters. The van der Waals surface area contributed by atoms with Gasteiger partial charge in [-0.05, 0) is 39.2 Å². The van der Waals surface area contributed by atoms with Crippen molar-refractivity contribution in [2.24, 2.45) is 5.73 Å². The third-order valence-electron chi connectivity index (χ3n) is 3.01. The molecule has 0 radical (unpaired) electrons. The maximum Gasteiger partial charge on any atom is 0.305 e. The zero-order chi connectivity index (χ0) is 11.8. The van der Waals surface area contributed by atoms with Crippen LogP contribution in [-0.4, -0.2) is 31.2 Å². The van der Waals surface area contributed by atoms with Crippen molar-refractivity contribution in [2.75, 3.05) is 13.2 Å².